The third-order valence-corrected chi connectivity index (χ3v) is 5.17. The van der Waals surface area contributed by atoms with E-state index in [9.17, 15) is 0 Å². The molecule has 2 N–H and O–H groups in total. The molecular weight excluding hydrogens is 463 g/mol. The molecule has 1 heterocycles. The highest BCUT2D eigenvalue weighted by atomic mass is 127. The molecule has 1 fully saturated rings. The lowest BCUT2D eigenvalue weighted by Crippen LogP contribution is -2.49. The Hall–Kier alpha value is -1.38. The number of hydrogen-bond acceptors (Lipinski definition) is 3. The van der Waals surface area contributed by atoms with Gasteiger partial charge < -0.3 is 20.3 Å². The van der Waals surface area contributed by atoms with Crippen molar-refractivity contribution in [1.82, 2.24) is 15.5 Å². The van der Waals surface area contributed by atoms with Gasteiger partial charge in [-0.05, 0) is 36.1 Å². The fraction of sp³-hybridized carbons (Fsp3) is 0.500. The van der Waals surface area contributed by atoms with Gasteiger partial charge in [0.2, 0.25) is 0 Å². The maximum absolute atomic E-state index is 5.19. The fourth-order valence-electron chi connectivity index (χ4n) is 3.63. The quantitative estimate of drug-likeness (QED) is 0.349. The first kappa shape index (κ1) is 22.9. The van der Waals surface area contributed by atoms with Crippen molar-refractivity contribution >= 4 is 40.7 Å². The molecule has 1 saturated heterocycles. The summed E-state index contributed by atoms with van der Waals surface area (Å²) in [5, 5.41) is 9.59. The summed E-state index contributed by atoms with van der Waals surface area (Å²) in [7, 11) is 1.77. The number of benzene rings is 2. The number of piperidine rings is 1. The standard InChI is InChI=1S/C22H32N4O.HI/c1-3-23-22(25-20-11-13-26(14-12-20)15-16-27-2)24-17-19-9-6-8-18-7-4-5-10-21(18)19;/h4-10,20H,3,11-17H2,1-2H3,(H2,23,24,25);1H. The molecule has 0 saturated carbocycles. The Kier molecular flexibility index (Phi) is 10.0. The van der Waals surface area contributed by atoms with Gasteiger partial charge in [-0.2, -0.15) is 0 Å². The number of hydrogen-bond donors (Lipinski definition) is 2. The number of ether oxygens (including phenoxy) is 1. The number of nitrogens with one attached hydrogen (secondary N) is 2. The molecule has 0 radical (unpaired) electrons. The monoisotopic (exact) mass is 496 g/mol. The molecule has 154 valence electrons. The Balaban J connectivity index is 0.00000280. The average molecular weight is 496 g/mol. The second kappa shape index (κ2) is 12.2. The smallest absolute Gasteiger partial charge is 0.191 e. The molecule has 28 heavy (non-hydrogen) atoms. The van der Waals surface area contributed by atoms with E-state index in [0.29, 0.717) is 12.6 Å². The van der Waals surface area contributed by atoms with E-state index in [1.807, 2.05) is 0 Å². The van der Waals surface area contributed by atoms with Crippen LogP contribution in [0.1, 0.15) is 25.3 Å². The zero-order chi connectivity index (χ0) is 18.9. The highest BCUT2D eigenvalue weighted by Gasteiger charge is 2.19. The maximum Gasteiger partial charge on any atom is 0.191 e. The molecule has 0 unspecified atom stereocenters. The number of guanidine groups is 1. The molecule has 0 aliphatic carbocycles. The minimum atomic E-state index is 0. The topological polar surface area (TPSA) is 48.9 Å². The van der Waals surface area contributed by atoms with Crippen LogP contribution in [0.3, 0.4) is 0 Å². The highest BCUT2D eigenvalue weighted by Crippen LogP contribution is 2.19. The van der Waals surface area contributed by atoms with Crippen molar-refractivity contribution in [1.29, 1.82) is 0 Å². The Morgan fingerprint density at radius 1 is 1.14 bits per heavy atom. The van der Waals surface area contributed by atoms with Crippen LogP contribution >= 0.6 is 24.0 Å². The third-order valence-electron chi connectivity index (χ3n) is 5.17. The molecule has 3 rings (SSSR count). The number of halogens is 1. The largest absolute Gasteiger partial charge is 0.383 e. The minimum Gasteiger partial charge on any atom is -0.383 e. The van der Waals surface area contributed by atoms with Gasteiger partial charge in [0.15, 0.2) is 5.96 Å². The first-order valence-corrected chi connectivity index (χ1v) is 10.0. The first-order chi connectivity index (χ1) is 13.3. The summed E-state index contributed by atoms with van der Waals surface area (Å²) >= 11 is 0. The molecule has 1 aliphatic heterocycles. The van der Waals surface area contributed by atoms with Crippen molar-refractivity contribution in [2.75, 3.05) is 39.9 Å². The van der Waals surface area contributed by atoms with Crippen LogP contribution in [0.2, 0.25) is 0 Å². The lowest BCUT2D eigenvalue weighted by atomic mass is 10.0. The van der Waals surface area contributed by atoms with Crippen molar-refractivity contribution in [2.24, 2.45) is 4.99 Å². The molecule has 0 bridgehead atoms. The van der Waals surface area contributed by atoms with E-state index in [1.54, 1.807) is 7.11 Å². The van der Waals surface area contributed by atoms with Gasteiger partial charge in [0.1, 0.15) is 0 Å². The van der Waals surface area contributed by atoms with Crippen LogP contribution in [0, 0.1) is 0 Å². The molecule has 6 heteroatoms. The minimum absolute atomic E-state index is 0. The summed E-state index contributed by atoms with van der Waals surface area (Å²) in [4.78, 5) is 7.33. The van der Waals surface area contributed by atoms with Gasteiger partial charge in [0, 0.05) is 39.3 Å². The summed E-state index contributed by atoms with van der Waals surface area (Å²) in [6, 6.07) is 15.4. The van der Waals surface area contributed by atoms with E-state index < -0.39 is 0 Å². The van der Waals surface area contributed by atoms with Gasteiger partial charge in [0.25, 0.3) is 0 Å². The second-order valence-corrected chi connectivity index (χ2v) is 7.09. The molecule has 2 aromatic rings. The number of methoxy groups -OCH3 is 1. The maximum atomic E-state index is 5.19. The van der Waals surface area contributed by atoms with Crippen LogP contribution in [0.5, 0.6) is 0 Å². The first-order valence-electron chi connectivity index (χ1n) is 10.0. The molecule has 0 atom stereocenters. The summed E-state index contributed by atoms with van der Waals surface area (Å²) in [5.74, 6) is 0.917. The van der Waals surface area contributed by atoms with Gasteiger partial charge in [-0.15, -0.1) is 24.0 Å². The molecule has 0 spiro atoms. The van der Waals surface area contributed by atoms with Crippen molar-refractivity contribution in [3.63, 3.8) is 0 Å². The van der Waals surface area contributed by atoms with Crippen LogP contribution in [0.4, 0.5) is 0 Å². The van der Waals surface area contributed by atoms with E-state index in [1.165, 1.54) is 16.3 Å². The van der Waals surface area contributed by atoms with Crippen LogP contribution in [-0.2, 0) is 11.3 Å². The molecule has 1 aliphatic rings. The number of nitrogens with zero attached hydrogens (tertiary/aromatic N) is 2. The van der Waals surface area contributed by atoms with E-state index >= 15 is 0 Å². The second-order valence-electron chi connectivity index (χ2n) is 7.09. The predicted octanol–water partition coefficient (Wildman–Crippen LogP) is 3.62. The summed E-state index contributed by atoms with van der Waals surface area (Å²) < 4.78 is 5.19. The fourth-order valence-corrected chi connectivity index (χ4v) is 3.63. The van der Waals surface area contributed by atoms with E-state index in [0.717, 1.165) is 51.6 Å². The van der Waals surface area contributed by atoms with Gasteiger partial charge in [-0.25, -0.2) is 4.99 Å². The Labute approximate surface area is 185 Å². The van der Waals surface area contributed by atoms with E-state index in [4.69, 9.17) is 9.73 Å². The van der Waals surface area contributed by atoms with Gasteiger partial charge in [-0.3, -0.25) is 0 Å². The van der Waals surface area contributed by atoms with Crippen LogP contribution in [-0.4, -0.2) is 56.8 Å². The van der Waals surface area contributed by atoms with E-state index in [-0.39, 0.29) is 24.0 Å². The van der Waals surface area contributed by atoms with Crippen molar-refractivity contribution < 1.29 is 4.74 Å². The zero-order valence-corrected chi connectivity index (χ0v) is 19.3. The van der Waals surface area contributed by atoms with Gasteiger partial charge >= 0.3 is 0 Å². The van der Waals surface area contributed by atoms with Gasteiger partial charge in [-0.1, -0.05) is 42.5 Å². The Morgan fingerprint density at radius 3 is 2.64 bits per heavy atom. The molecular formula is C22H33IN4O. The Bertz CT molecular complexity index is 739. The molecule has 2 aromatic carbocycles. The normalized spacial score (nSPS) is 16.0. The zero-order valence-electron chi connectivity index (χ0n) is 17.0. The van der Waals surface area contributed by atoms with Crippen LogP contribution in [0.25, 0.3) is 10.8 Å². The third kappa shape index (κ3) is 6.60. The summed E-state index contributed by atoms with van der Waals surface area (Å²) in [6.45, 7) is 7.74. The van der Waals surface area contributed by atoms with E-state index in [2.05, 4.69) is 64.9 Å². The molecule has 0 amide bonds. The van der Waals surface area contributed by atoms with Crippen molar-refractivity contribution in [3.8, 4) is 0 Å². The Morgan fingerprint density at radius 2 is 1.89 bits per heavy atom. The lowest BCUT2D eigenvalue weighted by molar-refractivity contribution is 0.128. The number of aliphatic imine (C=N–C) groups is 1. The van der Waals surface area contributed by atoms with Gasteiger partial charge in [0.05, 0.1) is 13.2 Å². The SMILES string of the molecule is CCNC(=NCc1cccc2ccccc12)NC1CCN(CCOC)CC1.I. The lowest BCUT2D eigenvalue weighted by Gasteiger charge is -2.32. The van der Waals surface area contributed by atoms with Crippen molar-refractivity contribution in [3.05, 3.63) is 48.0 Å². The number of rotatable bonds is 7. The summed E-state index contributed by atoms with van der Waals surface area (Å²) in [6.07, 6.45) is 2.28. The highest BCUT2D eigenvalue weighted by molar-refractivity contribution is 14.0. The van der Waals surface area contributed by atoms with Crippen molar-refractivity contribution in [2.45, 2.75) is 32.4 Å². The predicted molar refractivity (Wildman–Crippen MR) is 129 cm³/mol. The van der Waals surface area contributed by atoms with Crippen LogP contribution in [0.15, 0.2) is 47.5 Å². The number of fused-ring (bicyclic) bond motifs is 1. The number of likely N-dealkylation sites (tertiary alicyclic amines) is 1. The summed E-state index contributed by atoms with van der Waals surface area (Å²) in [5.41, 5.74) is 1.26. The van der Waals surface area contributed by atoms with Crippen LogP contribution < -0.4 is 10.6 Å². The molecule has 5 nitrogen and oxygen atoms in total. The molecule has 0 aromatic heterocycles. The average Bonchev–Trinajstić information content (AvgIpc) is 2.71.